The number of allylic oxidation sites excluding steroid dienone is 2. The summed E-state index contributed by atoms with van der Waals surface area (Å²) in [5, 5.41) is 12.1. The van der Waals surface area contributed by atoms with E-state index in [2.05, 4.69) is 5.32 Å². The number of hydrogen-bond donors (Lipinski definition) is 2. The predicted molar refractivity (Wildman–Crippen MR) is 93.2 cm³/mol. The number of nitrogens with zero attached hydrogens (tertiary/aromatic N) is 1. The molecule has 1 aliphatic carbocycles. The van der Waals surface area contributed by atoms with Gasteiger partial charge in [0.15, 0.2) is 0 Å². The van der Waals surface area contributed by atoms with Crippen molar-refractivity contribution in [2.45, 2.75) is 25.7 Å². The van der Waals surface area contributed by atoms with Crippen LogP contribution in [-0.2, 0) is 9.59 Å². The molecular formula is C19H22N2O4. The van der Waals surface area contributed by atoms with Gasteiger partial charge in [-0.2, -0.15) is 0 Å². The second kappa shape index (κ2) is 7.51. The summed E-state index contributed by atoms with van der Waals surface area (Å²) in [6.45, 7) is 1.54. The molecule has 1 aliphatic heterocycles. The van der Waals surface area contributed by atoms with Crippen molar-refractivity contribution in [1.82, 2.24) is 4.90 Å². The van der Waals surface area contributed by atoms with Crippen molar-refractivity contribution in [3.8, 4) is 0 Å². The number of carboxylic acid groups (broad SMARTS) is 1. The summed E-state index contributed by atoms with van der Waals surface area (Å²) in [5.74, 6) is -2.61. The molecule has 0 spiro atoms. The molecule has 2 aliphatic rings. The quantitative estimate of drug-likeness (QED) is 0.823. The minimum absolute atomic E-state index is 0.0300. The number of carbonyl (C=O) groups is 3. The molecule has 0 bridgehead atoms. The van der Waals surface area contributed by atoms with Gasteiger partial charge in [0, 0.05) is 24.3 Å². The van der Waals surface area contributed by atoms with Gasteiger partial charge in [-0.1, -0.05) is 18.2 Å². The van der Waals surface area contributed by atoms with Crippen LogP contribution in [0, 0.1) is 11.8 Å². The average Bonchev–Trinajstić information content (AvgIpc) is 3.16. The van der Waals surface area contributed by atoms with E-state index in [1.807, 2.05) is 11.0 Å². The first-order valence-corrected chi connectivity index (χ1v) is 8.64. The molecule has 6 heteroatoms. The van der Waals surface area contributed by atoms with E-state index in [0.717, 1.165) is 25.9 Å². The van der Waals surface area contributed by atoms with E-state index in [1.165, 1.54) is 0 Å². The van der Waals surface area contributed by atoms with E-state index < -0.39 is 17.8 Å². The Morgan fingerprint density at radius 2 is 1.72 bits per heavy atom. The molecule has 1 fully saturated rings. The maximum absolute atomic E-state index is 12.5. The fraction of sp³-hybridized carbons (Fsp3) is 0.421. The minimum atomic E-state index is -0.956. The van der Waals surface area contributed by atoms with E-state index in [-0.39, 0.29) is 11.8 Å². The highest BCUT2D eigenvalue weighted by Gasteiger charge is 2.34. The third kappa shape index (κ3) is 3.90. The number of carbonyl (C=O) groups excluding carboxylic acids is 2. The Balaban J connectivity index is 1.71. The Kier molecular flexibility index (Phi) is 5.16. The molecule has 132 valence electrons. The first-order chi connectivity index (χ1) is 12.1. The zero-order valence-corrected chi connectivity index (χ0v) is 14.0. The monoisotopic (exact) mass is 342 g/mol. The molecule has 2 atom stereocenters. The molecule has 0 aromatic heterocycles. The fourth-order valence-corrected chi connectivity index (χ4v) is 3.44. The molecule has 1 saturated heterocycles. The van der Waals surface area contributed by atoms with Crippen molar-refractivity contribution < 1.29 is 19.5 Å². The van der Waals surface area contributed by atoms with Crippen LogP contribution in [0.3, 0.4) is 0 Å². The SMILES string of the molecule is O=C(O)C1CC=CCC1C(=O)Nc1cccc(C(=O)N2CCCC2)c1. The van der Waals surface area contributed by atoms with E-state index in [4.69, 9.17) is 0 Å². The van der Waals surface area contributed by atoms with Gasteiger partial charge in [0.1, 0.15) is 0 Å². The van der Waals surface area contributed by atoms with Crippen LogP contribution >= 0.6 is 0 Å². The number of nitrogens with one attached hydrogen (secondary N) is 1. The maximum atomic E-state index is 12.5. The van der Waals surface area contributed by atoms with Crippen molar-refractivity contribution in [3.05, 3.63) is 42.0 Å². The Labute approximate surface area is 146 Å². The molecule has 6 nitrogen and oxygen atoms in total. The van der Waals surface area contributed by atoms with Gasteiger partial charge in [-0.3, -0.25) is 14.4 Å². The number of rotatable bonds is 4. The standard InChI is InChI=1S/C19H22N2O4/c22-17(15-8-1-2-9-16(15)19(24)25)20-14-7-5-6-13(12-14)18(23)21-10-3-4-11-21/h1-2,5-7,12,15-16H,3-4,8-11H2,(H,20,22)(H,24,25). The second-order valence-corrected chi connectivity index (χ2v) is 6.56. The number of likely N-dealkylation sites (tertiary alicyclic amines) is 1. The summed E-state index contributed by atoms with van der Waals surface area (Å²) in [4.78, 5) is 38.1. The van der Waals surface area contributed by atoms with Crippen molar-refractivity contribution in [1.29, 1.82) is 0 Å². The summed E-state index contributed by atoms with van der Waals surface area (Å²) in [7, 11) is 0. The van der Waals surface area contributed by atoms with Gasteiger partial charge in [-0.05, 0) is 43.9 Å². The number of anilines is 1. The van der Waals surface area contributed by atoms with Gasteiger partial charge in [-0.15, -0.1) is 0 Å². The molecule has 0 radical (unpaired) electrons. The first-order valence-electron chi connectivity index (χ1n) is 8.64. The Hall–Kier alpha value is -2.63. The lowest BCUT2D eigenvalue weighted by Gasteiger charge is -2.24. The predicted octanol–water partition coefficient (Wildman–Crippen LogP) is 2.53. The number of carboxylic acids is 1. The highest BCUT2D eigenvalue weighted by atomic mass is 16.4. The summed E-state index contributed by atoms with van der Waals surface area (Å²) < 4.78 is 0. The van der Waals surface area contributed by atoms with Crippen LogP contribution in [0.2, 0.25) is 0 Å². The van der Waals surface area contributed by atoms with Crippen LogP contribution in [0.5, 0.6) is 0 Å². The summed E-state index contributed by atoms with van der Waals surface area (Å²) in [6.07, 6.45) is 6.47. The summed E-state index contributed by atoms with van der Waals surface area (Å²) in [5.41, 5.74) is 1.06. The lowest BCUT2D eigenvalue weighted by Crippen LogP contribution is -2.34. The van der Waals surface area contributed by atoms with Crippen molar-refractivity contribution >= 4 is 23.5 Å². The fourth-order valence-electron chi connectivity index (χ4n) is 3.44. The molecule has 3 rings (SSSR count). The number of aliphatic carboxylic acids is 1. The molecule has 2 N–H and O–H groups in total. The van der Waals surface area contributed by atoms with Crippen LogP contribution in [0.25, 0.3) is 0 Å². The van der Waals surface area contributed by atoms with Gasteiger partial charge < -0.3 is 15.3 Å². The number of hydrogen-bond acceptors (Lipinski definition) is 3. The Bertz CT molecular complexity index is 707. The zero-order chi connectivity index (χ0) is 17.8. The first kappa shape index (κ1) is 17.2. The molecule has 1 aromatic carbocycles. The topological polar surface area (TPSA) is 86.7 Å². The van der Waals surface area contributed by atoms with Gasteiger partial charge in [0.2, 0.25) is 5.91 Å². The molecule has 0 saturated carbocycles. The number of benzene rings is 1. The van der Waals surface area contributed by atoms with Crippen LogP contribution in [-0.4, -0.2) is 40.9 Å². The third-order valence-corrected chi connectivity index (χ3v) is 4.86. The summed E-state index contributed by atoms with van der Waals surface area (Å²) in [6, 6.07) is 6.84. The van der Waals surface area contributed by atoms with Crippen LogP contribution in [0.15, 0.2) is 36.4 Å². The average molecular weight is 342 g/mol. The normalized spacial score (nSPS) is 22.6. The van der Waals surface area contributed by atoms with Crippen molar-refractivity contribution in [3.63, 3.8) is 0 Å². The maximum Gasteiger partial charge on any atom is 0.307 e. The van der Waals surface area contributed by atoms with Crippen LogP contribution in [0.4, 0.5) is 5.69 Å². The molecule has 1 aromatic rings. The van der Waals surface area contributed by atoms with Crippen molar-refractivity contribution in [2.75, 3.05) is 18.4 Å². The van der Waals surface area contributed by atoms with E-state index in [9.17, 15) is 19.5 Å². The molecule has 2 unspecified atom stereocenters. The number of amides is 2. The third-order valence-electron chi connectivity index (χ3n) is 4.86. The van der Waals surface area contributed by atoms with E-state index >= 15 is 0 Å². The Morgan fingerprint density at radius 1 is 1.04 bits per heavy atom. The van der Waals surface area contributed by atoms with E-state index in [1.54, 1.807) is 30.3 Å². The Morgan fingerprint density at radius 3 is 2.40 bits per heavy atom. The minimum Gasteiger partial charge on any atom is -0.481 e. The van der Waals surface area contributed by atoms with Gasteiger partial charge in [-0.25, -0.2) is 0 Å². The molecule has 25 heavy (non-hydrogen) atoms. The van der Waals surface area contributed by atoms with Gasteiger partial charge in [0.05, 0.1) is 11.8 Å². The highest BCUT2D eigenvalue weighted by molar-refractivity contribution is 5.98. The molecular weight excluding hydrogens is 320 g/mol. The second-order valence-electron chi connectivity index (χ2n) is 6.56. The van der Waals surface area contributed by atoms with Gasteiger partial charge >= 0.3 is 5.97 Å². The van der Waals surface area contributed by atoms with Crippen LogP contribution in [0.1, 0.15) is 36.0 Å². The lowest BCUT2D eigenvalue weighted by molar-refractivity contribution is -0.146. The smallest absolute Gasteiger partial charge is 0.307 e. The van der Waals surface area contributed by atoms with Crippen LogP contribution < -0.4 is 5.32 Å². The molecule has 2 amide bonds. The largest absolute Gasteiger partial charge is 0.481 e. The lowest BCUT2D eigenvalue weighted by atomic mass is 9.82. The molecule has 1 heterocycles. The van der Waals surface area contributed by atoms with Gasteiger partial charge in [0.25, 0.3) is 5.91 Å². The van der Waals surface area contributed by atoms with Crippen molar-refractivity contribution in [2.24, 2.45) is 11.8 Å². The zero-order valence-electron chi connectivity index (χ0n) is 14.0. The summed E-state index contributed by atoms with van der Waals surface area (Å²) >= 11 is 0. The van der Waals surface area contributed by atoms with E-state index in [0.29, 0.717) is 24.1 Å². The highest BCUT2D eigenvalue weighted by Crippen LogP contribution is 2.27.